The third-order valence-corrected chi connectivity index (χ3v) is 3.10. The van der Waals surface area contributed by atoms with E-state index in [9.17, 15) is 4.79 Å². The van der Waals surface area contributed by atoms with E-state index >= 15 is 0 Å². The zero-order valence-electron chi connectivity index (χ0n) is 7.76. The molecule has 2 rings (SSSR count). The summed E-state index contributed by atoms with van der Waals surface area (Å²) < 4.78 is 5.46. The van der Waals surface area contributed by atoms with E-state index in [0.29, 0.717) is 12.2 Å². The smallest absolute Gasteiger partial charge is 0.147 e. The largest absolute Gasteiger partial charge is 0.496 e. The van der Waals surface area contributed by atoms with Crippen LogP contribution in [0, 0.1) is 10.8 Å². The maximum absolute atomic E-state index is 11.7. The molecule has 0 bridgehead atoms. The first-order valence-electron chi connectivity index (χ1n) is 4.33. The Hall–Kier alpha value is -0.790. The van der Waals surface area contributed by atoms with Gasteiger partial charge in [0.15, 0.2) is 0 Å². The van der Waals surface area contributed by atoms with Gasteiger partial charge in [0.25, 0.3) is 0 Å². The van der Waals surface area contributed by atoms with Gasteiger partial charge in [-0.15, -0.1) is 0 Å². The van der Waals surface area contributed by atoms with Gasteiger partial charge in [-0.2, -0.15) is 0 Å². The number of hydrogen-bond donors (Lipinski definition) is 0. The Morgan fingerprint density at radius 2 is 2.17 bits per heavy atom. The molecule has 0 saturated heterocycles. The Balaban J connectivity index is 2.44. The zero-order chi connectivity index (χ0) is 8.98. The first-order chi connectivity index (χ1) is 5.47. The van der Waals surface area contributed by atoms with Gasteiger partial charge in [-0.3, -0.25) is 4.79 Å². The lowest BCUT2D eigenvalue weighted by atomic mass is 9.80. The number of Topliss-reactive ketones (excluding diaryl/α,β-unsaturated/α-hetero) is 1. The van der Waals surface area contributed by atoms with Crippen LogP contribution in [0.25, 0.3) is 0 Å². The predicted molar refractivity (Wildman–Crippen MR) is 45.5 cm³/mol. The Bertz CT molecular complexity index is 265. The van der Waals surface area contributed by atoms with Crippen LogP contribution >= 0.6 is 0 Å². The van der Waals surface area contributed by atoms with Gasteiger partial charge in [-0.1, -0.05) is 13.8 Å². The topological polar surface area (TPSA) is 26.3 Å². The van der Waals surface area contributed by atoms with Crippen molar-refractivity contribution in [3.05, 3.63) is 12.3 Å². The van der Waals surface area contributed by atoms with Gasteiger partial charge in [-0.05, 0) is 13.0 Å². The number of fused-ring (bicyclic) bond motifs is 1. The van der Waals surface area contributed by atoms with E-state index in [2.05, 4.69) is 13.8 Å². The van der Waals surface area contributed by atoms with Crippen LogP contribution in [0.4, 0.5) is 0 Å². The van der Waals surface area contributed by atoms with E-state index in [1.54, 1.807) is 6.26 Å². The van der Waals surface area contributed by atoms with Crippen LogP contribution in [0.2, 0.25) is 0 Å². The van der Waals surface area contributed by atoms with Crippen molar-refractivity contribution < 1.29 is 9.53 Å². The number of carbonyl (C=O) groups excluding carboxylic acids is 1. The van der Waals surface area contributed by atoms with Gasteiger partial charge in [-0.25, -0.2) is 0 Å². The van der Waals surface area contributed by atoms with E-state index in [1.807, 2.05) is 13.0 Å². The maximum Gasteiger partial charge on any atom is 0.147 e. The zero-order valence-corrected chi connectivity index (χ0v) is 7.76. The summed E-state index contributed by atoms with van der Waals surface area (Å²) in [5, 5.41) is 0. The highest BCUT2D eigenvalue weighted by molar-refractivity contribution is 5.90. The fourth-order valence-corrected chi connectivity index (χ4v) is 2.42. The van der Waals surface area contributed by atoms with Crippen molar-refractivity contribution in [3.8, 4) is 0 Å². The van der Waals surface area contributed by atoms with E-state index < -0.39 is 0 Å². The van der Waals surface area contributed by atoms with Gasteiger partial charge in [0.05, 0.1) is 11.7 Å². The summed E-state index contributed by atoms with van der Waals surface area (Å²) in [6.45, 7) is 6.15. The number of ether oxygens (including phenoxy) is 1. The van der Waals surface area contributed by atoms with Gasteiger partial charge in [0.1, 0.15) is 11.9 Å². The van der Waals surface area contributed by atoms with E-state index in [1.165, 1.54) is 0 Å². The van der Waals surface area contributed by atoms with Crippen LogP contribution in [-0.2, 0) is 9.53 Å². The SMILES string of the molecule is CC1(C)CC(=O)C2(C)C=COC12. The molecule has 1 aliphatic heterocycles. The van der Waals surface area contributed by atoms with Gasteiger partial charge in [0.2, 0.25) is 0 Å². The van der Waals surface area contributed by atoms with Gasteiger partial charge < -0.3 is 4.74 Å². The molecule has 2 unspecified atom stereocenters. The Morgan fingerprint density at radius 1 is 1.50 bits per heavy atom. The van der Waals surface area contributed by atoms with Crippen molar-refractivity contribution in [1.82, 2.24) is 0 Å². The summed E-state index contributed by atoms with van der Waals surface area (Å²) in [6, 6.07) is 0. The molecular weight excluding hydrogens is 152 g/mol. The molecule has 0 spiro atoms. The molecule has 0 N–H and O–H groups in total. The van der Waals surface area contributed by atoms with Crippen molar-refractivity contribution >= 4 is 5.78 Å². The Kier molecular flexibility index (Phi) is 1.26. The Labute approximate surface area is 72.6 Å². The lowest BCUT2D eigenvalue weighted by Gasteiger charge is -2.28. The van der Waals surface area contributed by atoms with Crippen molar-refractivity contribution in [3.63, 3.8) is 0 Å². The molecule has 66 valence electrons. The second-order valence-electron chi connectivity index (χ2n) is 4.69. The van der Waals surface area contributed by atoms with E-state index in [0.717, 1.165) is 0 Å². The third-order valence-electron chi connectivity index (χ3n) is 3.10. The normalized spacial score (nSPS) is 42.9. The standard InChI is InChI=1S/C10H14O2/c1-9(2)6-7(11)10(3)4-5-12-8(9)10/h4-5,8H,6H2,1-3H3. The first kappa shape index (κ1) is 7.84. The summed E-state index contributed by atoms with van der Waals surface area (Å²) in [7, 11) is 0. The molecule has 0 aromatic heterocycles. The molecule has 0 radical (unpaired) electrons. The number of rotatable bonds is 0. The third kappa shape index (κ3) is 0.728. The van der Waals surface area contributed by atoms with E-state index in [4.69, 9.17) is 4.74 Å². The summed E-state index contributed by atoms with van der Waals surface area (Å²) in [6.07, 6.45) is 4.26. The second kappa shape index (κ2) is 1.93. The highest BCUT2D eigenvalue weighted by atomic mass is 16.5. The van der Waals surface area contributed by atoms with Crippen molar-refractivity contribution in [2.45, 2.75) is 33.3 Å². The predicted octanol–water partition coefficient (Wildman–Crippen LogP) is 1.90. The number of carbonyl (C=O) groups is 1. The summed E-state index contributed by atoms with van der Waals surface area (Å²) in [5.41, 5.74) is -0.348. The summed E-state index contributed by atoms with van der Waals surface area (Å²) >= 11 is 0. The minimum Gasteiger partial charge on any atom is -0.496 e. The molecule has 2 heteroatoms. The molecule has 0 aromatic rings. The molecule has 2 atom stereocenters. The minimum atomic E-state index is -0.344. The van der Waals surface area contributed by atoms with Crippen molar-refractivity contribution in [2.24, 2.45) is 10.8 Å². The lowest BCUT2D eigenvalue weighted by molar-refractivity contribution is -0.124. The Morgan fingerprint density at radius 3 is 2.75 bits per heavy atom. The molecule has 0 amide bonds. The fourth-order valence-electron chi connectivity index (χ4n) is 2.42. The van der Waals surface area contributed by atoms with E-state index in [-0.39, 0.29) is 16.9 Å². The van der Waals surface area contributed by atoms with Crippen molar-refractivity contribution in [2.75, 3.05) is 0 Å². The van der Waals surface area contributed by atoms with Crippen LogP contribution in [0.3, 0.4) is 0 Å². The van der Waals surface area contributed by atoms with Crippen LogP contribution in [0.1, 0.15) is 27.2 Å². The molecule has 1 heterocycles. The van der Waals surface area contributed by atoms with Crippen LogP contribution < -0.4 is 0 Å². The highest BCUT2D eigenvalue weighted by Gasteiger charge is 2.57. The quantitative estimate of drug-likeness (QED) is 0.549. The van der Waals surface area contributed by atoms with Crippen LogP contribution in [-0.4, -0.2) is 11.9 Å². The molecule has 0 aromatic carbocycles. The molecule has 2 nitrogen and oxygen atoms in total. The number of hydrogen-bond acceptors (Lipinski definition) is 2. The molecule has 2 aliphatic rings. The highest BCUT2D eigenvalue weighted by Crippen LogP contribution is 2.51. The van der Waals surface area contributed by atoms with Gasteiger partial charge in [0, 0.05) is 11.8 Å². The van der Waals surface area contributed by atoms with Crippen molar-refractivity contribution in [1.29, 1.82) is 0 Å². The summed E-state index contributed by atoms with van der Waals surface area (Å²) in [5.74, 6) is 0.311. The summed E-state index contributed by atoms with van der Waals surface area (Å²) in [4.78, 5) is 11.7. The van der Waals surface area contributed by atoms with Gasteiger partial charge >= 0.3 is 0 Å². The van der Waals surface area contributed by atoms with Crippen LogP contribution in [0.15, 0.2) is 12.3 Å². The first-order valence-corrected chi connectivity index (χ1v) is 4.33. The second-order valence-corrected chi connectivity index (χ2v) is 4.69. The lowest BCUT2D eigenvalue weighted by Crippen LogP contribution is -2.34. The molecule has 1 fully saturated rings. The van der Waals surface area contributed by atoms with Crippen LogP contribution in [0.5, 0.6) is 0 Å². The minimum absolute atomic E-state index is 0.00463. The maximum atomic E-state index is 11.7. The molecular formula is C10H14O2. The molecule has 1 aliphatic carbocycles. The average molecular weight is 166 g/mol. The molecule has 1 saturated carbocycles. The molecule has 12 heavy (non-hydrogen) atoms. The average Bonchev–Trinajstić information content (AvgIpc) is 2.37. The monoisotopic (exact) mass is 166 g/mol. The number of ketones is 1. The fraction of sp³-hybridized carbons (Fsp3) is 0.700.